The molecule has 7 rings (SSSR count). The van der Waals surface area contributed by atoms with Crippen LogP contribution in [0.2, 0.25) is 0 Å². The van der Waals surface area contributed by atoms with Crippen LogP contribution in [0.1, 0.15) is 16.7 Å². The minimum Gasteiger partial charge on any atom is -0.196 e. The lowest BCUT2D eigenvalue weighted by Crippen LogP contribution is -2.05. The summed E-state index contributed by atoms with van der Waals surface area (Å²) in [4.78, 5) is 0. The third kappa shape index (κ3) is 4.26. The minimum atomic E-state index is -4.47. The molecular weight excluding hydrogens is 558 g/mol. The molecule has 7 aromatic rings. The molecule has 4 aromatic heterocycles. The Kier molecular flexibility index (Phi) is 5.49. The number of benzene rings is 3. The van der Waals surface area contributed by atoms with Crippen LogP contribution in [0.25, 0.3) is 50.7 Å². The molecule has 0 aliphatic rings. The van der Waals surface area contributed by atoms with Crippen molar-refractivity contribution >= 4 is 16.9 Å². The van der Waals surface area contributed by atoms with Crippen molar-refractivity contribution in [2.75, 3.05) is 0 Å². The molecule has 0 aliphatic carbocycles. The summed E-state index contributed by atoms with van der Waals surface area (Å²) in [5.41, 5.74) is 4.34. The van der Waals surface area contributed by atoms with Crippen molar-refractivity contribution in [3.8, 4) is 33.8 Å². The maximum atomic E-state index is 13.1. The average Bonchev–Trinajstić information content (AvgIpc) is 3.69. The zero-order valence-corrected chi connectivity index (χ0v) is 21.6. The highest BCUT2D eigenvalue weighted by molar-refractivity contribution is 5.75. The predicted octanol–water partition coefficient (Wildman–Crippen LogP) is 7.98. The second-order valence-electron chi connectivity index (χ2n) is 9.91. The lowest BCUT2D eigenvalue weighted by molar-refractivity contribution is -0.138. The number of aromatic nitrogens is 6. The van der Waals surface area contributed by atoms with Gasteiger partial charge in [0.2, 0.25) is 0 Å². The van der Waals surface area contributed by atoms with Gasteiger partial charge in [0.25, 0.3) is 0 Å². The summed E-state index contributed by atoms with van der Waals surface area (Å²) in [6, 6.07) is 22.4. The molecule has 0 bridgehead atoms. The van der Waals surface area contributed by atoms with Gasteiger partial charge in [0, 0.05) is 34.9 Å². The third-order valence-electron chi connectivity index (χ3n) is 7.09. The number of rotatable bonds is 3. The number of hydrogen-bond acceptors (Lipinski definition) is 3. The summed E-state index contributed by atoms with van der Waals surface area (Å²) >= 11 is 0. The molecular formula is C30H18F6N6. The second-order valence-corrected chi connectivity index (χ2v) is 9.91. The Labute approximate surface area is 233 Å². The molecule has 0 saturated heterocycles. The van der Waals surface area contributed by atoms with Crippen LogP contribution in [0.3, 0.4) is 0 Å². The van der Waals surface area contributed by atoms with Crippen molar-refractivity contribution in [1.82, 2.24) is 28.8 Å². The predicted molar refractivity (Wildman–Crippen MR) is 144 cm³/mol. The molecule has 6 nitrogen and oxygen atoms in total. The zero-order valence-electron chi connectivity index (χ0n) is 21.6. The first-order chi connectivity index (χ1) is 20.0. The van der Waals surface area contributed by atoms with Crippen molar-refractivity contribution in [2.45, 2.75) is 19.3 Å². The number of fused-ring (bicyclic) bond motifs is 6. The SMILES string of the molecule is Cc1ccc(-c2cc3n(n2)c2cc(-c4ccc(C(F)(F)F)cc4)nn2c2cc(-c4ccc(C(F)(F)F)cc4)nn32)cc1. The molecule has 0 aliphatic heterocycles. The number of aryl methyl sites for hydroxylation is 1. The first-order valence-corrected chi connectivity index (χ1v) is 12.7. The summed E-state index contributed by atoms with van der Waals surface area (Å²) in [6.07, 6.45) is -8.94. The van der Waals surface area contributed by atoms with Gasteiger partial charge in [-0.2, -0.15) is 55.2 Å². The van der Waals surface area contributed by atoms with Gasteiger partial charge in [0.1, 0.15) is 0 Å². The van der Waals surface area contributed by atoms with Crippen LogP contribution in [0.4, 0.5) is 26.3 Å². The van der Waals surface area contributed by atoms with Crippen LogP contribution >= 0.6 is 0 Å². The Balaban J connectivity index is 1.45. The van der Waals surface area contributed by atoms with Crippen molar-refractivity contribution in [3.05, 3.63) is 108 Å². The summed E-state index contributed by atoms with van der Waals surface area (Å²) in [5, 5.41) is 14.1. The van der Waals surface area contributed by atoms with Gasteiger partial charge in [-0.25, -0.2) is 0 Å². The quantitative estimate of drug-likeness (QED) is 0.201. The molecule has 210 valence electrons. The van der Waals surface area contributed by atoms with Gasteiger partial charge in [-0.15, -0.1) is 0 Å². The Morgan fingerprint density at radius 2 is 0.738 bits per heavy atom. The monoisotopic (exact) mass is 576 g/mol. The van der Waals surface area contributed by atoms with Crippen molar-refractivity contribution in [2.24, 2.45) is 0 Å². The molecule has 4 heterocycles. The van der Waals surface area contributed by atoms with E-state index in [0.29, 0.717) is 45.2 Å². The van der Waals surface area contributed by atoms with Gasteiger partial charge in [-0.1, -0.05) is 54.1 Å². The summed E-state index contributed by atoms with van der Waals surface area (Å²) in [6.45, 7) is 1.97. The topological polar surface area (TPSA) is 51.9 Å². The Morgan fingerprint density at radius 1 is 0.452 bits per heavy atom. The van der Waals surface area contributed by atoms with E-state index < -0.39 is 23.5 Å². The van der Waals surface area contributed by atoms with E-state index in [1.165, 1.54) is 24.3 Å². The molecule has 0 unspecified atom stereocenters. The summed E-state index contributed by atoms with van der Waals surface area (Å²) in [7, 11) is 0. The van der Waals surface area contributed by atoms with Gasteiger partial charge in [-0.3, -0.25) is 0 Å². The summed E-state index contributed by atoms with van der Waals surface area (Å²) in [5.74, 6) is 0. The summed E-state index contributed by atoms with van der Waals surface area (Å²) < 4.78 is 83.6. The first-order valence-electron chi connectivity index (χ1n) is 12.7. The molecule has 0 atom stereocenters. The fraction of sp³-hybridized carbons (Fsp3) is 0.100. The lowest BCUT2D eigenvalue weighted by atomic mass is 10.1. The zero-order chi connectivity index (χ0) is 29.4. The van der Waals surface area contributed by atoms with Gasteiger partial charge in [-0.05, 0) is 31.2 Å². The highest BCUT2D eigenvalue weighted by atomic mass is 19.4. The molecule has 0 N–H and O–H groups in total. The van der Waals surface area contributed by atoms with E-state index in [1.807, 2.05) is 37.3 Å². The van der Waals surface area contributed by atoms with Gasteiger partial charge >= 0.3 is 12.4 Å². The molecule has 0 radical (unpaired) electrons. The Bertz CT molecular complexity index is 1970. The number of hydrogen-bond donors (Lipinski definition) is 0. The molecule has 3 aromatic carbocycles. The third-order valence-corrected chi connectivity index (χ3v) is 7.09. The van der Waals surface area contributed by atoms with E-state index in [0.717, 1.165) is 35.4 Å². The number of nitrogens with zero attached hydrogens (tertiary/aromatic N) is 6. The average molecular weight is 577 g/mol. The smallest absolute Gasteiger partial charge is 0.196 e. The standard InChI is InChI=1S/C30H18F6N6/c1-17-2-4-18(5-3-17)23-14-26-40(37-23)27-15-24(19-6-10-21(11-7-19)29(31,32)33)39-42(27)28-16-25(38-41(26)28)20-8-12-22(13-9-20)30(34,35)36/h2-16H,1H3. The minimum absolute atomic E-state index is 0.405. The van der Waals surface area contributed by atoms with Crippen molar-refractivity contribution < 1.29 is 26.3 Å². The molecule has 0 fully saturated rings. The maximum Gasteiger partial charge on any atom is 0.416 e. The Hall–Kier alpha value is -5.13. The Morgan fingerprint density at radius 3 is 1.02 bits per heavy atom. The number of halogens is 6. The molecule has 12 heteroatoms. The van der Waals surface area contributed by atoms with E-state index in [1.54, 1.807) is 25.7 Å². The largest absolute Gasteiger partial charge is 0.416 e. The van der Waals surface area contributed by atoms with Gasteiger partial charge < -0.3 is 0 Å². The highest BCUT2D eigenvalue weighted by Crippen LogP contribution is 2.33. The van der Waals surface area contributed by atoms with Crippen molar-refractivity contribution in [3.63, 3.8) is 0 Å². The number of alkyl halides is 6. The van der Waals surface area contributed by atoms with Crippen LogP contribution in [0.15, 0.2) is 91.0 Å². The van der Waals surface area contributed by atoms with E-state index >= 15 is 0 Å². The van der Waals surface area contributed by atoms with Crippen LogP contribution in [-0.2, 0) is 12.4 Å². The van der Waals surface area contributed by atoms with Crippen molar-refractivity contribution in [1.29, 1.82) is 0 Å². The van der Waals surface area contributed by atoms with Crippen LogP contribution in [0, 0.1) is 6.92 Å². The maximum absolute atomic E-state index is 13.1. The lowest BCUT2D eigenvalue weighted by Gasteiger charge is -2.06. The molecule has 0 saturated carbocycles. The van der Waals surface area contributed by atoms with E-state index in [2.05, 4.69) is 10.2 Å². The van der Waals surface area contributed by atoms with Crippen LogP contribution in [0.5, 0.6) is 0 Å². The highest BCUT2D eigenvalue weighted by Gasteiger charge is 2.31. The first kappa shape index (κ1) is 25.8. The van der Waals surface area contributed by atoms with Crippen LogP contribution < -0.4 is 0 Å². The fourth-order valence-corrected chi connectivity index (χ4v) is 4.88. The molecule has 0 amide bonds. The fourth-order valence-electron chi connectivity index (χ4n) is 4.88. The van der Waals surface area contributed by atoms with E-state index in [9.17, 15) is 26.3 Å². The van der Waals surface area contributed by atoms with Crippen LogP contribution in [-0.4, -0.2) is 28.8 Å². The van der Waals surface area contributed by atoms with Gasteiger partial charge in [0.05, 0.1) is 28.2 Å². The molecule has 0 spiro atoms. The molecule has 42 heavy (non-hydrogen) atoms. The van der Waals surface area contributed by atoms with Gasteiger partial charge in [0.15, 0.2) is 16.9 Å². The normalized spacial score (nSPS) is 12.6. The second kappa shape index (κ2) is 8.93. The van der Waals surface area contributed by atoms with E-state index in [-0.39, 0.29) is 0 Å². The van der Waals surface area contributed by atoms with E-state index in [4.69, 9.17) is 5.10 Å².